The molecule has 4 heteroatoms. The largest absolute Gasteiger partial charge is 0.290 e. The van der Waals surface area contributed by atoms with Gasteiger partial charge in [-0.3, -0.25) is 10.2 Å². The van der Waals surface area contributed by atoms with Crippen LogP contribution in [-0.4, -0.2) is 11.7 Å². The Labute approximate surface area is 112 Å². The molecule has 1 aromatic carbocycles. The second kappa shape index (κ2) is 6.81. The molecule has 1 fully saturated rings. The van der Waals surface area contributed by atoms with E-state index in [9.17, 15) is 4.79 Å². The van der Waals surface area contributed by atoms with Crippen molar-refractivity contribution in [2.45, 2.75) is 31.4 Å². The summed E-state index contributed by atoms with van der Waals surface area (Å²) in [7, 11) is 0. The first-order chi connectivity index (χ1) is 8.81. The van der Waals surface area contributed by atoms with Crippen LogP contribution in [0.2, 0.25) is 0 Å². The van der Waals surface area contributed by atoms with Crippen molar-refractivity contribution in [3.05, 3.63) is 35.4 Å². The fourth-order valence-electron chi connectivity index (χ4n) is 2.46. The summed E-state index contributed by atoms with van der Waals surface area (Å²) < 4.78 is 0. The van der Waals surface area contributed by atoms with Gasteiger partial charge in [-0.2, -0.15) is 11.8 Å². The lowest BCUT2D eigenvalue weighted by molar-refractivity contribution is 0.0953. The van der Waals surface area contributed by atoms with E-state index in [4.69, 9.17) is 5.84 Å². The van der Waals surface area contributed by atoms with Crippen molar-refractivity contribution in [3.63, 3.8) is 0 Å². The average molecular weight is 264 g/mol. The van der Waals surface area contributed by atoms with Gasteiger partial charge in [-0.05, 0) is 36.1 Å². The standard InChI is InChI=1S/C14H20N2OS/c15-16-14(17)13-8-4-3-7-12(13)10-18-9-11-5-1-2-6-11/h3-4,7-8,11H,1-2,5-6,9-10,15H2,(H,16,17). The average Bonchev–Trinajstić information content (AvgIpc) is 2.92. The van der Waals surface area contributed by atoms with Crippen LogP contribution < -0.4 is 11.3 Å². The highest BCUT2D eigenvalue weighted by molar-refractivity contribution is 7.98. The quantitative estimate of drug-likeness (QED) is 0.488. The molecule has 0 radical (unpaired) electrons. The van der Waals surface area contributed by atoms with Crippen LogP contribution in [0.1, 0.15) is 41.6 Å². The minimum Gasteiger partial charge on any atom is -0.290 e. The van der Waals surface area contributed by atoms with Crippen LogP contribution in [0.5, 0.6) is 0 Å². The summed E-state index contributed by atoms with van der Waals surface area (Å²) in [5, 5.41) is 0. The first kappa shape index (κ1) is 13.4. The van der Waals surface area contributed by atoms with Gasteiger partial charge in [0, 0.05) is 11.3 Å². The van der Waals surface area contributed by atoms with E-state index in [-0.39, 0.29) is 5.91 Å². The van der Waals surface area contributed by atoms with Crippen LogP contribution in [0.3, 0.4) is 0 Å². The summed E-state index contributed by atoms with van der Waals surface area (Å²) in [5.74, 6) is 7.97. The molecule has 0 bridgehead atoms. The molecule has 0 aromatic heterocycles. The van der Waals surface area contributed by atoms with Crippen LogP contribution in [0, 0.1) is 5.92 Å². The number of hydrogen-bond donors (Lipinski definition) is 2. The Morgan fingerprint density at radius 1 is 1.33 bits per heavy atom. The van der Waals surface area contributed by atoms with E-state index >= 15 is 0 Å². The van der Waals surface area contributed by atoms with Gasteiger partial charge in [0.05, 0.1) is 0 Å². The minimum absolute atomic E-state index is 0.202. The van der Waals surface area contributed by atoms with Crippen molar-refractivity contribution in [2.75, 3.05) is 5.75 Å². The van der Waals surface area contributed by atoms with Crippen molar-refractivity contribution in [2.24, 2.45) is 11.8 Å². The number of amides is 1. The lowest BCUT2D eigenvalue weighted by atomic mass is 10.1. The van der Waals surface area contributed by atoms with Crippen molar-refractivity contribution in [3.8, 4) is 0 Å². The maximum absolute atomic E-state index is 11.6. The van der Waals surface area contributed by atoms with Crippen LogP contribution in [0.25, 0.3) is 0 Å². The molecule has 1 aliphatic carbocycles. The maximum Gasteiger partial charge on any atom is 0.265 e. The molecule has 0 spiro atoms. The molecule has 0 atom stereocenters. The van der Waals surface area contributed by atoms with Crippen molar-refractivity contribution >= 4 is 17.7 Å². The molecule has 3 N–H and O–H groups in total. The molecule has 0 unspecified atom stereocenters. The summed E-state index contributed by atoms with van der Waals surface area (Å²) in [6.07, 6.45) is 5.52. The van der Waals surface area contributed by atoms with E-state index < -0.39 is 0 Å². The van der Waals surface area contributed by atoms with Crippen LogP contribution in [-0.2, 0) is 5.75 Å². The first-order valence-electron chi connectivity index (χ1n) is 6.48. The number of carbonyl (C=O) groups is 1. The number of hydrogen-bond acceptors (Lipinski definition) is 3. The smallest absolute Gasteiger partial charge is 0.265 e. The Kier molecular flexibility index (Phi) is 5.08. The number of nitrogens with two attached hydrogens (primary N) is 1. The lowest BCUT2D eigenvalue weighted by Crippen LogP contribution is -2.30. The molecule has 1 saturated carbocycles. The number of carbonyl (C=O) groups excluding carboxylic acids is 1. The Balaban J connectivity index is 1.89. The number of rotatable bonds is 5. The van der Waals surface area contributed by atoms with Crippen LogP contribution >= 0.6 is 11.8 Å². The van der Waals surface area contributed by atoms with E-state index in [0.29, 0.717) is 5.56 Å². The van der Waals surface area contributed by atoms with Crippen LogP contribution in [0.15, 0.2) is 24.3 Å². The highest BCUT2D eigenvalue weighted by Gasteiger charge is 2.15. The molecule has 18 heavy (non-hydrogen) atoms. The number of nitrogens with one attached hydrogen (secondary N) is 1. The fraction of sp³-hybridized carbons (Fsp3) is 0.500. The molecule has 0 aliphatic heterocycles. The van der Waals surface area contributed by atoms with Crippen molar-refractivity contribution < 1.29 is 4.79 Å². The van der Waals surface area contributed by atoms with Gasteiger partial charge in [0.2, 0.25) is 0 Å². The molecule has 1 amide bonds. The zero-order valence-corrected chi connectivity index (χ0v) is 11.3. The third kappa shape index (κ3) is 3.50. The predicted molar refractivity (Wildman–Crippen MR) is 76.2 cm³/mol. The fourth-order valence-corrected chi connectivity index (χ4v) is 3.71. The summed E-state index contributed by atoms with van der Waals surface area (Å²) >= 11 is 1.92. The predicted octanol–water partition coefficient (Wildman–Crippen LogP) is 2.71. The Morgan fingerprint density at radius 2 is 2.06 bits per heavy atom. The van der Waals surface area contributed by atoms with E-state index in [1.807, 2.05) is 36.0 Å². The summed E-state index contributed by atoms with van der Waals surface area (Å²) in [4.78, 5) is 11.6. The summed E-state index contributed by atoms with van der Waals surface area (Å²) in [5.41, 5.74) is 3.97. The monoisotopic (exact) mass is 264 g/mol. The van der Waals surface area contributed by atoms with Crippen molar-refractivity contribution in [1.82, 2.24) is 5.43 Å². The zero-order chi connectivity index (χ0) is 12.8. The molecule has 0 saturated heterocycles. The second-order valence-electron chi connectivity index (χ2n) is 4.80. The normalized spacial score (nSPS) is 15.8. The molecule has 98 valence electrons. The highest BCUT2D eigenvalue weighted by Crippen LogP contribution is 2.29. The Bertz CT molecular complexity index is 403. The van der Waals surface area contributed by atoms with Gasteiger partial charge in [-0.1, -0.05) is 31.0 Å². The minimum atomic E-state index is -0.202. The summed E-state index contributed by atoms with van der Waals surface area (Å²) in [6.45, 7) is 0. The first-order valence-corrected chi connectivity index (χ1v) is 7.63. The molecule has 1 aliphatic rings. The van der Waals surface area contributed by atoms with Crippen molar-refractivity contribution in [1.29, 1.82) is 0 Å². The van der Waals surface area contributed by atoms with Gasteiger partial charge in [-0.25, -0.2) is 5.84 Å². The number of nitrogen functional groups attached to an aromatic ring is 1. The zero-order valence-electron chi connectivity index (χ0n) is 10.5. The summed E-state index contributed by atoms with van der Waals surface area (Å²) in [6, 6.07) is 7.67. The third-order valence-electron chi connectivity index (χ3n) is 3.48. The topological polar surface area (TPSA) is 55.1 Å². The second-order valence-corrected chi connectivity index (χ2v) is 5.83. The Hall–Kier alpha value is -1.00. The molecule has 0 heterocycles. The van der Waals surface area contributed by atoms with Gasteiger partial charge in [0.15, 0.2) is 0 Å². The van der Waals surface area contributed by atoms with E-state index in [1.54, 1.807) is 0 Å². The van der Waals surface area contributed by atoms with E-state index in [1.165, 1.54) is 31.4 Å². The molecule has 1 aromatic rings. The SMILES string of the molecule is NNC(=O)c1ccccc1CSCC1CCCC1. The molecular formula is C14H20N2OS. The van der Waals surface area contributed by atoms with Gasteiger partial charge in [0.25, 0.3) is 5.91 Å². The lowest BCUT2D eigenvalue weighted by Gasteiger charge is -2.10. The van der Waals surface area contributed by atoms with E-state index in [2.05, 4.69) is 5.43 Å². The maximum atomic E-state index is 11.6. The van der Waals surface area contributed by atoms with Gasteiger partial charge >= 0.3 is 0 Å². The van der Waals surface area contributed by atoms with Gasteiger partial charge in [0.1, 0.15) is 0 Å². The number of hydrazine groups is 1. The highest BCUT2D eigenvalue weighted by atomic mass is 32.2. The number of thioether (sulfide) groups is 1. The molecule has 2 rings (SSSR count). The van der Waals surface area contributed by atoms with Gasteiger partial charge in [-0.15, -0.1) is 0 Å². The molecule has 3 nitrogen and oxygen atoms in total. The third-order valence-corrected chi connectivity index (χ3v) is 4.70. The van der Waals surface area contributed by atoms with Crippen LogP contribution in [0.4, 0.5) is 0 Å². The Morgan fingerprint density at radius 3 is 2.78 bits per heavy atom. The molecular weight excluding hydrogens is 244 g/mol. The van der Waals surface area contributed by atoms with Gasteiger partial charge < -0.3 is 0 Å². The number of benzene rings is 1. The van der Waals surface area contributed by atoms with E-state index in [0.717, 1.165) is 17.2 Å².